The smallest absolute Gasteiger partial charge is 0.228 e. The quantitative estimate of drug-likeness (QED) is 0.233. The molecular formula is C32H32N4O2S. The van der Waals surface area contributed by atoms with E-state index >= 15 is 0 Å². The predicted molar refractivity (Wildman–Crippen MR) is 155 cm³/mol. The van der Waals surface area contributed by atoms with E-state index in [0.717, 1.165) is 59.1 Å². The molecule has 0 spiro atoms. The molecule has 0 saturated heterocycles. The number of hydrogen-bond donors (Lipinski definition) is 2. The van der Waals surface area contributed by atoms with E-state index in [0.29, 0.717) is 0 Å². The van der Waals surface area contributed by atoms with Crippen molar-refractivity contribution in [3.8, 4) is 0 Å². The summed E-state index contributed by atoms with van der Waals surface area (Å²) < 4.78 is 2.17. The molecule has 6 nitrogen and oxygen atoms in total. The van der Waals surface area contributed by atoms with Crippen molar-refractivity contribution in [1.29, 1.82) is 0 Å². The molecule has 0 bridgehead atoms. The van der Waals surface area contributed by atoms with Gasteiger partial charge in [-0.1, -0.05) is 79.6 Å². The molecule has 3 unspecified atom stereocenters. The molecule has 1 saturated carbocycles. The number of benzene rings is 3. The van der Waals surface area contributed by atoms with Gasteiger partial charge in [-0.25, -0.2) is 9.97 Å². The molecule has 0 radical (unpaired) electrons. The zero-order chi connectivity index (χ0) is 26.6. The Morgan fingerprint density at radius 1 is 0.923 bits per heavy atom. The van der Waals surface area contributed by atoms with Gasteiger partial charge in [0.1, 0.15) is 6.04 Å². The number of aliphatic hydroxyl groups excluding tert-OH is 1. The van der Waals surface area contributed by atoms with Gasteiger partial charge in [0, 0.05) is 5.38 Å². The lowest BCUT2D eigenvalue weighted by atomic mass is 9.83. The summed E-state index contributed by atoms with van der Waals surface area (Å²) in [6, 6.07) is 25.7. The van der Waals surface area contributed by atoms with Crippen LogP contribution in [0.3, 0.4) is 0 Å². The highest BCUT2D eigenvalue weighted by molar-refractivity contribution is 7.07. The highest BCUT2D eigenvalue weighted by Gasteiger charge is 2.33. The fourth-order valence-electron chi connectivity index (χ4n) is 6.01. The average Bonchev–Trinajstić information content (AvgIpc) is 3.77. The van der Waals surface area contributed by atoms with Crippen LogP contribution in [0.25, 0.3) is 11.0 Å². The largest absolute Gasteiger partial charge is 0.394 e. The molecule has 1 fully saturated rings. The number of rotatable bonds is 9. The Balaban J connectivity index is 1.32. The molecule has 0 aliphatic heterocycles. The normalized spacial score (nSPS) is 16.2. The van der Waals surface area contributed by atoms with Crippen molar-refractivity contribution in [2.45, 2.75) is 43.7 Å². The van der Waals surface area contributed by atoms with Crippen LogP contribution >= 0.6 is 11.3 Å². The van der Waals surface area contributed by atoms with Gasteiger partial charge < -0.3 is 15.0 Å². The number of carbonyl (C=O) groups is 1. The molecule has 198 valence electrons. The zero-order valence-electron chi connectivity index (χ0n) is 21.7. The van der Waals surface area contributed by atoms with Crippen LogP contribution in [0.4, 0.5) is 0 Å². The summed E-state index contributed by atoms with van der Waals surface area (Å²) in [5.41, 5.74) is 7.85. The van der Waals surface area contributed by atoms with E-state index < -0.39 is 6.04 Å². The minimum Gasteiger partial charge on any atom is -0.394 e. The lowest BCUT2D eigenvalue weighted by molar-refractivity contribution is -0.124. The molecule has 2 aromatic heterocycles. The number of thiazole rings is 1. The zero-order valence-corrected chi connectivity index (χ0v) is 22.5. The number of fused-ring (bicyclic) bond motifs is 1. The lowest BCUT2D eigenvalue weighted by Gasteiger charge is -2.27. The Hall–Kier alpha value is -3.81. The van der Waals surface area contributed by atoms with E-state index in [2.05, 4.69) is 55.6 Å². The standard InChI is InChI=1S/C32H32N4O2S/c37-18-27(22-8-2-1-3-9-22)35-32(38)30(23-10-4-5-11-23)24-14-16-25(17-15-24)31(28-19-39-21-34-28)36-20-33-26-12-6-7-13-29(26)36/h1-3,6-9,12-17,19-21,23,27,30-31,37H,4-5,10-11,18H2,(H,35,38). The summed E-state index contributed by atoms with van der Waals surface area (Å²) in [5, 5.41) is 15.3. The van der Waals surface area contributed by atoms with Gasteiger partial charge in [0.15, 0.2) is 0 Å². The molecule has 3 aromatic carbocycles. The molecule has 39 heavy (non-hydrogen) atoms. The Kier molecular flexibility index (Phi) is 7.52. The monoisotopic (exact) mass is 536 g/mol. The topological polar surface area (TPSA) is 80.0 Å². The van der Waals surface area contributed by atoms with Crippen LogP contribution in [0.1, 0.15) is 66.1 Å². The van der Waals surface area contributed by atoms with Gasteiger partial charge >= 0.3 is 0 Å². The van der Waals surface area contributed by atoms with Crippen LogP contribution in [0.5, 0.6) is 0 Å². The van der Waals surface area contributed by atoms with Gasteiger partial charge in [0.25, 0.3) is 0 Å². The van der Waals surface area contributed by atoms with Crippen LogP contribution in [0.2, 0.25) is 0 Å². The van der Waals surface area contributed by atoms with Crippen molar-refractivity contribution in [2.75, 3.05) is 6.61 Å². The summed E-state index contributed by atoms with van der Waals surface area (Å²) in [5.74, 6) is 0.0122. The third kappa shape index (κ3) is 5.24. The Morgan fingerprint density at radius 2 is 1.64 bits per heavy atom. The van der Waals surface area contributed by atoms with Crippen molar-refractivity contribution in [3.05, 3.63) is 118 Å². The minimum absolute atomic E-state index is 0.0193. The molecule has 6 rings (SSSR count). The number of hydrogen-bond acceptors (Lipinski definition) is 5. The first kappa shape index (κ1) is 25.5. The lowest BCUT2D eigenvalue weighted by Crippen LogP contribution is -2.37. The van der Waals surface area contributed by atoms with Crippen molar-refractivity contribution >= 4 is 28.3 Å². The summed E-state index contributed by atoms with van der Waals surface area (Å²) in [7, 11) is 0. The first-order valence-corrected chi connectivity index (χ1v) is 14.5. The van der Waals surface area contributed by atoms with Crippen LogP contribution < -0.4 is 5.32 Å². The molecule has 1 amide bonds. The summed E-state index contributed by atoms with van der Waals surface area (Å²) >= 11 is 1.58. The van der Waals surface area contributed by atoms with Crippen LogP contribution in [-0.2, 0) is 4.79 Å². The van der Waals surface area contributed by atoms with Crippen LogP contribution in [0.15, 0.2) is 96.1 Å². The van der Waals surface area contributed by atoms with Gasteiger partial charge in [0.2, 0.25) is 5.91 Å². The fraction of sp³-hybridized carbons (Fsp3) is 0.281. The molecule has 1 aliphatic carbocycles. The first-order valence-electron chi connectivity index (χ1n) is 13.6. The Bertz CT molecular complexity index is 1510. The SMILES string of the molecule is O=C(NC(CO)c1ccccc1)C(c1ccc(C(c2cscn2)n2cnc3ccccc32)cc1)C1CCCC1. The van der Waals surface area contributed by atoms with Gasteiger partial charge in [-0.15, -0.1) is 11.3 Å². The van der Waals surface area contributed by atoms with Crippen molar-refractivity contribution < 1.29 is 9.90 Å². The molecular weight excluding hydrogens is 504 g/mol. The minimum atomic E-state index is -0.426. The van der Waals surface area contributed by atoms with E-state index in [-0.39, 0.29) is 30.4 Å². The number of para-hydroxylation sites is 2. The van der Waals surface area contributed by atoms with E-state index in [1.165, 1.54) is 0 Å². The van der Waals surface area contributed by atoms with Gasteiger partial charge in [-0.05, 0) is 47.6 Å². The third-order valence-electron chi connectivity index (χ3n) is 7.96. The molecule has 2 heterocycles. The van der Waals surface area contributed by atoms with Gasteiger partial charge in [0.05, 0.1) is 47.1 Å². The number of amides is 1. The fourth-order valence-corrected chi connectivity index (χ4v) is 6.58. The predicted octanol–water partition coefficient (Wildman–Crippen LogP) is 6.25. The Morgan fingerprint density at radius 3 is 2.36 bits per heavy atom. The third-order valence-corrected chi connectivity index (χ3v) is 8.56. The number of nitrogens with one attached hydrogen (secondary N) is 1. The van der Waals surface area contributed by atoms with E-state index in [1.807, 2.05) is 60.4 Å². The van der Waals surface area contributed by atoms with Crippen molar-refractivity contribution in [3.63, 3.8) is 0 Å². The summed E-state index contributed by atoms with van der Waals surface area (Å²) in [6.07, 6.45) is 6.26. The summed E-state index contributed by atoms with van der Waals surface area (Å²) in [6.45, 7) is -0.139. The number of imidazole rings is 1. The highest BCUT2D eigenvalue weighted by Crippen LogP contribution is 2.39. The molecule has 7 heteroatoms. The first-order chi connectivity index (χ1) is 19.2. The molecule has 5 aromatic rings. The maximum atomic E-state index is 13.8. The number of aromatic nitrogens is 3. The van der Waals surface area contributed by atoms with Gasteiger partial charge in [-0.2, -0.15) is 0 Å². The Labute approximate surface area is 232 Å². The maximum absolute atomic E-state index is 13.8. The molecule has 1 aliphatic rings. The maximum Gasteiger partial charge on any atom is 0.228 e. The van der Waals surface area contributed by atoms with E-state index in [1.54, 1.807) is 11.3 Å². The van der Waals surface area contributed by atoms with Crippen molar-refractivity contribution in [2.24, 2.45) is 5.92 Å². The number of carbonyl (C=O) groups excluding carboxylic acids is 1. The average molecular weight is 537 g/mol. The van der Waals surface area contributed by atoms with Crippen LogP contribution in [-0.4, -0.2) is 32.2 Å². The van der Waals surface area contributed by atoms with E-state index in [9.17, 15) is 9.90 Å². The second-order valence-electron chi connectivity index (χ2n) is 10.3. The molecule has 2 N–H and O–H groups in total. The second-order valence-corrected chi connectivity index (χ2v) is 11.0. The van der Waals surface area contributed by atoms with Crippen molar-refractivity contribution in [1.82, 2.24) is 19.9 Å². The van der Waals surface area contributed by atoms with Crippen LogP contribution in [0, 0.1) is 5.92 Å². The highest BCUT2D eigenvalue weighted by atomic mass is 32.1. The second kappa shape index (κ2) is 11.5. The molecule has 3 atom stereocenters. The number of aliphatic hydroxyl groups is 1. The number of nitrogens with zero attached hydrogens (tertiary/aromatic N) is 3. The summed E-state index contributed by atoms with van der Waals surface area (Å²) in [4.78, 5) is 23.0. The van der Waals surface area contributed by atoms with Gasteiger partial charge in [-0.3, -0.25) is 4.79 Å². The van der Waals surface area contributed by atoms with E-state index in [4.69, 9.17) is 0 Å².